The van der Waals surface area contributed by atoms with E-state index < -0.39 is 11.2 Å². The van der Waals surface area contributed by atoms with Gasteiger partial charge in [-0.15, -0.1) is 10.2 Å². The number of aromatic nitrogens is 3. The maximum atomic E-state index is 12.5. The van der Waals surface area contributed by atoms with Crippen LogP contribution in [0.4, 0.5) is 24.3 Å². The van der Waals surface area contributed by atoms with Crippen molar-refractivity contribution in [1.29, 1.82) is 0 Å². The van der Waals surface area contributed by atoms with E-state index in [1.165, 1.54) is 0 Å². The minimum Gasteiger partial charge on any atom is -0.423 e. The zero-order chi connectivity index (χ0) is 19.0. The van der Waals surface area contributed by atoms with Gasteiger partial charge in [0.25, 0.3) is 6.01 Å². The quantitative estimate of drug-likeness (QED) is 0.728. The third-order valence-electron chi connectivity index (χ3n) is 4.32. The van der Waals surface area contributed by atoms with Crippen LogP contribution in [0, 0.1) is 5.92 Å². The Morgan fingerprint density at radius 3 is 2.63 bits per heavy atom. The molecule has 142 valence electrons. The minimum absolute atomic E-state index is 0.145. The molecular formula is C16H14F3N5O2S. The summed E-state index contributed by atoms with van der Waals surface area (Å²) in [5.41, 5.74) is 1.47. The summed E-state index contributed by atoms with van der Waals surface area (Å²) in [4.78, 5) is 18.7. The van der Waals surface area contributed by atoms with Gasteiger partial charge in [-0.25, -0.2) is 0 Å². The summed E-state index contributed by atoms with van der Waals surface area (Å²) < 4.78 is 43.4. The summed E-state index contributed by atoms with van der Waals surface area (Å²) >= 11 is 0.317. The number of carbonyl (C=O) groups is 1. The average molecular weight is 397 g/mol. The Hall–Kier alpha value is -2.69. The topological polar surface area (TPSA) is 84.2 Å². The fraction of sp³-hybridized carbons (Fsp3) is 0.375. The Bertz CT molecular complexity index is 929. The van der Waals surface area contributed by atoms with Gasteiger partial charge in [0.15, 0.2) is 5.58 Å². The number of nitrogens with one attached hydrogen (secondary N) is 1. The first kappa shape index (κ1) is 17.7. The van der Waals surface area contributed by atoms with Crippen molar-refractivity contribution < 1.29 is 22.4 Å². The van der Waals surface area contributed by atoms with E-state index >= 15 is 0 Å². The number of alkyl halides is 3. The standard InChI is InChI=1S/C16H14F3N5O2S/c17-16(18,19)13-22-23-14(27-13)21-12(25)9-5-7-24(8-6-9)15-20-10-3-1-2-4-11(10)26-15/h1-4,9H,5-8H2,(H,21,23,25). The second-order valence-electron chi connectivity index (χ2n) is 6.12. The third-order valence-corrected chi connectivity index (χ3v) is 5.20. The molecule has 4 rings (SSSR count). The highest BCUT2D eigenvalue weighted by Crippen LogP contribution is 2.33. The second kappa shape index (κ2) is 6.80. The van der Waals surface area contributed by atoms with Crippen LogP contribution in [0.1, 0.15) is 17.8 Å². The number of hydrogen-bond donors (Lipinski definition) is 1. The van der Waals surface area contributed by atoms with E-state index in [0.717, 1.165) is 5.52 Å². The molecular weight excluding hydrogens is 383 g/mol. The first-order valence-electron chi connectivity index (χ1n) is 8.22. The molecule has 1 fully saturated rings. The van der Waals surface area contributed by atoms with Crippen LogP contribution < -0.4 is 10.2 Å². The molecule has 0 aliphatic carbocycles. The van der Waals surface area contributed by atoms with Gasteiger partial charge in [-0.3, -0.25) is 4.79 Å². The van der Waals surface area contributed by atoms with E-state index in [9.17, 15) is 18.0 Å². The zero-order valence-corrected chi connectivity index (χ0v) is 14.7. The summed E-state index contributed by atoms with van der Waals surface area (Å²) in [6, 6.07) is 7.95. The highest BCUT2D eigenvalue weighted by molar-refractivity contribution is 7.15. The van der Waals surface area contributed by atoms with Gasteiger partial charge in [0, 0.05) is 19.0 Å². The molecule has 0 saturated carbocycles. The van der Waals surface area contributed by atoms with E-state index in [1.807, 2.05) is 29.2 Å². The van der Waals surface area contributed by atoms with Crippen LogP contribution in [0.3, 0.4) is 0 Å². The van der Waals surface area contributed by atoms with E-state index in [2.05, 4.69) is 20.5 Å². The van der Waals surface area contributed by atoms with Gasteiger partial charge in [-0.2, -0.15) is 18.2 Å². The van der Waals surface area contributed by atoms with Crippen LogP contribution in [0.2, 0.25) is 0 Å². The number of oxazole rings is 1. The number of nitrogens with zero attached hydrogens (tertiary/aromatic N) is 4. The zero-order valence-electron chi connectivity index (χ0n) is 13.9. The van der Waals surface area contributed by atoms with Gasteiger partial charge in [-0.1, -0.05) is 23.5 Å². The predicted molar refractivity (Wildman–Crippen MR) is 92.5 cm³/mol. The monoisotopic (exact) mass is 397 g/mol. The number of carbonyl (C=O) groups excluding carboxylic acids is 1. The molecule has 1 aliphatic heterocycles. The largest absolute Gasteiger partial charge is 0.445 e. The smallest absolute Gasteiger partial charge is 0.423 e. The lowest BCUT2D eigenvalue weighted by atomic mass is 9.96. The maximum Gasteiger partial charge on any atom is 0.445 e. The lowest BCUT2D eigenvalue weighted by molar-refractivity contribution is -0.138. The molecule has 1 N–H and O–H groups in total. The number of para-hydroxylation sites is 2. The van der Waals surface area contributed by atoms with Crippen molar-refractivity contribution in [2.45, 2.75) is 19.0 Å². The van der Waals surface area contributed by atoms with Crippen molar-refractivity contribution in [2.75, 3.05) is 23.3 Å². The van der Waals surface area contributed by atoms with E-state index in [-0.39, 0.29) is 17.0 Å². The van der Waals surface area contributed by atoms with Gasteiger partial charge in [0.2, 0.25) is 16.0 Å². The molecule has 0 unspecified atom stereocenters. The SMILES string of the molecule is O=C(Nc1nnc(C(F)(F)F)s1)C1CCN(c2nc3ccccc3o2)CC1. The summed E-state index contributed by atoms with van der Waals surface area (Å²) in [6.45, 7) is 1.13. The first-order chi connectivity index (χ1) is 12.9. The number of hydrogen-bond acceptors (Lipinski definition) is 7. The summed E-state index contributed by atoms with van der Waals surface area (Å²) in [7, 11) is 0. The molecule has 1 aliphatic rings. The van der Waals surface area contributed by atoms with Crippen molar-refractivity contribution in [3.63, 3.8) is 0 Å². The number of piperidine rings is 1. The number of amides is 1. The molecule has 0 spiro atoms. The second-order valence-corrected chi connectivity index (χ2v) is 7.10. The summed E-state index contributed by atoms with van der Waals surface area (Å²) in [5.74, 6) is -0.666. The molecule has 27 heavy (non-hydrogen) atoms. The molecule has 2 aromatic heterocycles. The van der Waals surface area contributed by atoms with Gasteiger partial charge in [-0.05, 0) is 25.0 Å². The summed E-state index contributed by atoms with van der Waals surface area (Å²) in [5, 5.41) is 7.65. The number of fused-ring (bicyclic) bond motifs is 1. The molecule has 0 bridgehead atoms. The maximum absolute atomic E-state index is 12.5. The fourth-order valence-electron chi connectivity index (χ4n) is 2.92. The fourth-order valence-corrected chi connectivity index (χ4v) is 3.54. The van der Waals surface area contributed by atoms with E-state index in [0.29, 0.717) is 48.9 Å². The Morgan fingerprint density at radius 1 is 1.22 bits per heavy atom. The van der Waals surface area contributed by atoms with Crippen LogP contribution in [0.15, 0.2) is 28.7 Å². The highest BCUT2D eigenvalue weighted by Gasteiger charge is 2.36. The molecule has 1 aromatic carbocycles. The molecule has 1 saturated heterocycles. The van der Waals surface area contributed by atoms with Crippen LogP contribution >= 0.6 is 11.3 Å². The normalized spacial score (nSPS) is 16.0. The molecule has 11 heteroatoms. The van der Waals surface area contributed by atoms with Crippen molar-refractivity contribution in [3.8, 4) is 0 Å². The number of halogens is 3. The molecule has 1 amide bonds. The van der Waals surface area contributed by atoms with Crippen LogP contribution in [0.25, 0.3) is 11.1 Å². The molecule has 3 aromatic rings. The highest BCUT2D eigenvalue weighted by atomic mass is 32.1. The third kappa shape index (κ3) is 3.72. The lowest BCUT2D eigenvalue weighted by Gasteiger charge is -2.29. The van der Waals surface area contributed by atoms with Crippen molar-refractivity contribution in [1.82, 2.24) is 15.2 Å². The average Bonchev–Trinajstić information content (AvgIpc) is 3.28. The summed E-state index contributed by atoms with van der Waals surface area (Å²) in [6.07, 6.45) is -3.49. The van der Waals surface area contributed by atoms with Crippen LogP contribution in [-0.2, 0) is 11.0 Å². The van der Waals surface area contributed by atoms with Gasteiger partial charge >= 0.3 is 6.18 Å². The number of benzene rings is 1. The van der Waals surface area contributed by atoms with Crippen molar-refractivity contribution in [3.05, 3.63) is 29.3 Å². The molecule has 7 nitrogen and oxygen atoms in total. The Kier molecular flexibility index (Phi) is 4.46. The van der Waals surface area contributed by atoms with Gasteiger partial charge in [0.05, 0.1) is 0 Å². The van der Waals surface area contributed by atoms with Crippen LogP contribution in [0.5, 0.6) is 0 Å². The molecule has 3 heterocycles. The Balaban J connectivity index is 1.35. The Labute approximate surface area is 155 Å². The van der Waals surface area contributed by atoms with E-state index in [1.54, 1.807) is 0 Å². The molecule has 0 radical (unpaired) electrons. The van der Waals surface area contributed by atoms with E-state index in [4.69, 9.17) is 4.42 Å². The van der Waals surface area contributed by atoms with Crippen molar-refractivity contribution >= 4 is 39.5 Å². The van der Waals surface area contributed by atoms with Gasteiger partial charge in [0.1, 0.15) is 5.52 Å². The van der Waals surface area contributed by atoms with Gasteiger partial charge < -0.3 is 14.6 Å². The number of rotatable bonds is 3. The Morgan fingerprint density at radius 2 is 1.96 bits per heavy atom. The van der Waals surface area contributed by atoms with Crippen LogP contribution in [-0.4, -0.2) is 34.2 Å². The lowest BCUT2D eigenvalue weighted by Crippen LogP contribution is -2.38. The first-order valence-corrected chi connectivity index (χ1v) is 9.04. The number of anilines is 2. The van der Waals surface area contributed by atoms with Crippen molar-refractivity contribution in [2.24, 2.45) is 5.92 Å². The molecule has 0 atom stereocenters. The minimum atomic E-state index is -4.56. The predicted octanol–water partition coefficient (Wildman–Crippen LogP) is 3.55.